The number of thioether (sulfide) groups is 1. The van der Waals surface area contributed by atoms with E-state index in [1.165, 1.54) is 0 Å². The molecule has 0 bridgehead atoms. The van der Waals surface area contributed by atoms with E-state index in [0.29, 0.717) is 27.4 Å². The SMILES string of the molecule is CSc1ccc(C(c2c(O)c3ccccc3[nH]c2=O)c2c(O)c3ccccc3[nH]c2=O)cc1. The van der Waals surface area contributed by atoms with Crippen LogP contribution in [0.2, 0.25) is 0 Å². The zero-order valence-electron chi connectivity index (χ0n) is 17.6. The first-order valence-corrected chi connectivity index (χ1v) is 11.5. The Labute approximate surface area is 192 Å². The van der Waals surface area contributed by atoms with Crippen molar-refractivity contribution in [2.24, 2.45) is 0 Å². The number of hydrogen-bond donors (Lipinski definition) is 4. The molecule has 0 aliphatic carbocycles. The van der Waals surface area contributed by atoms with E-state index in [1.807, 2.05) is 18.4 Å². The second kappa shape index (κ2) is 8.18. The molecule has 0 saturated heterocycles. The summed E-state index contributed by atoms with van der Waals surface area (Å²) in [5.41, 5.74) is 0.506. The third-order valence-corrected chi connectivity index (χ3v) is 6.63. The fourth-order valence-electron chi connectivity index (χ4n) is 4.29. The third-order valence-electron chi connectivity index (χ3n) is 5.89. The Morgan fingerprint density at radius 3 is 1.61 bits per heavy atom. The quantitative estimate of drug-likeness (QED) is 0.294. The summed E-state index contributed by atoms with van der Waals surface area (Å²) >= 11 is 1.56. The second-order valence-corrected chi connectivity index (χ2v) is 8.61. The number of H-pyrrole nitrogens is 2. The molecule has 2 heterocycles. The molecule has 5 rings (SSSR count). The van der Waals surface area contributed by atoms with Crippen LogP contribution >= 0.6 is 11.8 Å². The van der Waals surface area contributed by atoms with Gasteiger partial charge in [0.15, 0.2) is 0 Å². The van der Waals surface area contributed by atoms with Crippen LogP contribution < -0.4 is 11.1 Å². The molecule has 7 heteroatoms. The lowest BCUT2D eigenvalue weighted by Crippen LogP contribution is -2.24. The number of rotatable bonds is 4. The highest BCUT2D eigenvalue weighted by Crippen LogP contribution is 2.41. The van der Waals surface area contributed by atoms with Crippen LogP contribution in [0.5, 0.6) is 11.5 Å². The van der Waals surface area contributed by atoms with Gasteiger partial charge in [0, 0.05) is 15.7 Å². The number of aromatic amines is 2. The summed E-state index contributed by atoms with van der Waals surface area (Å²) < 4.78 is 0. The summed E-state index contributed by atoms with van der Waals surface area (Å²) in [4.78, 5) is 33.1. The summed E-state index contributed by atoms with van der Waals surface area (Å²) in [7, 11) is 0. The van der Waals surface area contributed by atoms with Crippen molar-refractivity contribution in [3.05, 3.63) is 110 Å². The van der Waals surface area contributed by atoms with Crippen molar-refractivity contribution in [1.29, 1.82) is 0 Å². The molecule has 3 aromatic carbocycles. The largest absolute Gasteiger partial charge is 0.507 e. The van der Waals surface area contributed by atoms with Crippen molar-refractivity contribution in [1.82, 2.24) is 9.97 Å². The Morgan fingerprint density at radius 1 is 0.697 bits per heavy atom. The molecule has 2 aromatic heterocycles. The smallest absolute Gasteiger partial charge is 0.256 e. The minimum Gasteiger partial charge on any atom is -0.507 e. The topological polar surface area (TPSA) is 106 Å². The van der Waals surface area contributed by atoms with Gasteiger partial charge in [0.25, 0.3) is 11.1 Å². The summed E-state index contributed by atoms with van der Waals surface area (Å²) in [5, 5.41) is 23.3. The summed E-state index contributed by atoms with van der Waals surface area (Å²) in [6.07, 6.45) is 1.95. The maximum absolute atomic E-state index is 13.2. The Hall–Kier alpha value is -3.97. The Bertz CT molecular complexity index is 1520. The lowest BCUT2D eigenvalue weighted by atomic mass is 9.84. The molecule has 0 amide bonds. The van der Waals surface area contributed by atoms with Crippen molar-refractivity contribution in [2.75, 3.05) is 6.26 Å². The van der Waals surface area contributed by atoms with Gasteiger partial charge in [-0.1, -0.05) is 36.4 Å². The van der Waals surface area contributed by atoms with E-state index in [4.69, 9.17) is 0 Å². The van der Waals surface area contributed by atoms with Crippen LogP contribution in [0, 0.1) is 0 Å². The fraction of sp³-hybridized carbons (Fsp3) is 0.0769. The van der Waals surface area contributed by atoms with Gasteiger partial charge in [-0.05, 0) is 48.2 Å². The van der Waals surface area contributed by atoms with Crippen LogP contribution in [0.3, 0.4) is 0 Å². The summed E-state index contributed by atoms with van der Waals surface area (Å²) in [6, 6.07) is 21.2. The molecule has 0 atom stereocenters. The second-order valence-electron chi connectivity index (χ2n) is 7.73. The molecule has 164 valence electrons. The van der Waals surface area contributed by atoms with E-state index in [-0.39, 0.29) is 22.6 Å². The first kappa shape index (κ1) is 20.9. The predicted molar refractivity (Wildman–Crippen MR) is 132 cm³/mol. The maximum atomic E-state index is 13.2. The highest BCUT2D eigenvalue weighted by Gasteiger charge is 2.30. The van der Waals surface area contributed by atoms with Gasteiger partial charge in [-0.25, -0.2) is 0 Å². The van der Waals surface area contributed by atoms with Crippen LogP contribution in [-0.4, -0.2) is 26.4 Å². The van der Waals surface area contributed by atoms with Gasteiger partial charge in [0.2, 0.25) is 0 Å². The van der Waals surface area contributed by atoms with Crippen LogP contribution in [-0.2, 0) is 0 Å². The van der Waals surface area contributed by atoms with Crippen molar-refractivity contribution in [2.45, 2.75) is 10.8 Å². The van der Waals surface area contributed by atoms with Gasteiger partial charge < -0.3 is 20.2 Å². The normalized spacial score (nSPS) is 11.5. The van der Waals surface area contributed by atoms with Crippen molar-refractivity contribution < 1.29 is 10.2 Å². The van der Waals surface area contributed by atoms with Gasteiger partial charge in [-0.15, -0.1) is 11.8 Å². The monoisotopic (exact) mass is 456 g/mol. The number of hydrogen-bond acceptors (Lipinski definition) is 5. The average molecular weight is 457 g/mol. The number of pyridine rings is 2. The molecule has 4 N–H and O–H groups in total. The molecular weight excluding hydrogens is 436 g/mol. The van der Waals surface area contributed by atoms with Crippen LogP contribution in [0.15, 0.2) is 87.3 Å². The number of para-hydroxylation sites is 2. The molecule has 0 fully saturated rings. The van der Waals surface area contributed by atoms with Crippen molar-refractivity contribution >= 4 is 33.6 Å². The molecule has 0 radical (unpaired) electrons. The highest BCUT2D eigenvalue weighted by molar-refractivity contribution is 7.98. The zero-order chi connectivity index (χ0) is 23.1. The van der Waals surface area contributed by atoms with Crippen molar-refractivity contribution in [3.8, 4) is 11.5 Å². The average Bonchev–Trinajstić information content (AvgIpc) is 2.83. The number of benzene rings is 3. The predicted octanol–water partition coefficient (Wildman–Crippen LogP) is 4.68. The molecule has 0 unspecified atom stereocenters. The molecule has 6 nitrogen and oxygen atoms in total. The van der Waals surface area contributed by atoms with Gasteiger partial charge in [0.1, 0.15) is 11.5 Å². The number of nitrogens with one attached hydrogen (secondary N) is 2. The molecule has 0 aliphatic heterocycles. The number of aromatic hydroxyl groups is 2. The first-order valence-electron chi connectivity index (χ1n) is 10.3. The fourth-order valence-corrected chi connectivity index (χ4v) is 4.70. The lowest BCUT2D eigenvalue weighted by molar-refractivity contribution is 0.462. The van der Waals surface area contributed by atoms with Gasteiger partial charge in [-0.3, -0.25) is 9.59 Å². The lowest BCUT2D eigenvalue weighted by Gasteiger charge is -2.21. The summed E-state index contributed by atoms with van der Waals surface area (Å²) in [6.45, 7) is 0. The van der Waals surface area contributed by atoms with Gasteiger partial charge in [-0.2, -0.15) is 0 Å². The van der Waals surface area contributed by atoms with E-state index >= 15 is 0 Å². The van der Waals surface area contributed by atoms with Gasteiger partial charge in [0.05, 0.1) is 28.1 Å². The number of fused-ring (bicyclic) bond motifs is 2. The first-order chi connectivity index (χ1) is 16.0. The molecule has 0 saturated carbocycles. The van der Waals surface area contributed by atoms with Crippen LogP contribution in [0.1, 0.15) is 22.6 Å². The number of aromatic nitrogens is 2. The third kappa shape index (κ3) is 3.47. The molecule has 5 aromatic rings. The van der Waals surface area contributed by atoms with Crippen LogP contribution in [0.4, 0.5) is 0 Å². The molecule has 0 spiro atoms. The highest BCUT2D eigenvalue weighted by atomic mass is 32.2. The van der Waals surface area contributed by atoms with E-state index in [0.717, 1.165) is 4.90 Å². The summed E-state index contributed by atoms with van der Waals surface area (Å²) in [5.74, 6) is -1.44. The minimum atomic E-state index is -0.998. The van der Waals surface area contributed by atoms with Gasteiger partial charge >= 0.3 is 0 Å². The Morgan fingerprint density at radius 2 is 1.15 bits per heavy atom. The Kier molecular flexibility index (Phi) is 5.18. The maximum Gasteiger partial charge on any atom is 0.256 e. The standard InChI is InChI=1S/C26H20N2O4S/c1-33-15-12-10-14(11-13-15)20(21-23(29)16-6-2-4-8-18(16)27-25(21)31)22-24(30)17-7-3-5-9-19(17)28-26(22)32/h2-13,20H,1H3,(H2,27,29,31)(H2,28,30,32). The molecular formula is C26H20N2O4S. The Balaban J connectivity index is 1.89. The zero-order valence-corrected chi connectivity index (χ0v) is 18.4. The van der Waals surface area contributed by atoms with Crippen molar-refractivity contribution in [3.63, 3.8) is 0 Å². The van der Waals surface area contributed by atoms with E-state index < -0.39 is 17.0 Å². The minimum absolute atomic E-state index is 0.00156. The molecule has 0 aliphatic rings. The molecule has 33 heavy (non-hydrogen) atoms. The van der Waals surface area contributed by atoms with E-state index in [2.05, 4.69) is 9.97 Å². The van der Waals surface area contributed by atoms with Crippen LogP contribution in [0.25, 0.3) is 21.8 Å². The van der Waals surface area contributed by atoms with E-state index in [1.54, 1.807) is 72.4 Å². The van der Waals surface area contributed by atoms with E-state index in [9.17, 15) is 19.8 Å².